The molecule has 1 rings (SSSR count). The van der Waals surface area contributed by atoms with Gasteiger partial charge in [0.1, 0.15) is 0 Å². The lowest BCUT2D eigenvalue weighted by Gasteiger charge is -2.05. The summed E-state index contributed by atoms with van der Waals surface area (Å²) in [5.41, 5.74) is 0.693. The Balaban J connectivity index is 2.68. The molecule has 1 aromatic rings. The Labute approximate surface area is 96.0 Å². The Hall–Kier alpha value is -0.580. The molecule has 3 nitrogen and oxygen atoms in total. The molecule has 0 aromatic heterocycles. The number of halogens is 2. The smallest absolute Gasteiger partial charge is 0.238 e. The van der Waals surface area contributed by atoms with E-state index in [1.807, 2.05) is 0 Å². The highest BCUT2D eigenvalue weighted by atomic mass is 79.9. The van der Waals surface area contributed by atoms with Crippen molar-refractivity contribution in [1.82, 2.24) is 5.32 Å². The van der Waals surface area contributed by atoms with Crippen molar-refractivity contribution in [2.24, 2.45) is 0 Å². The first-order valence-electron chi connectivity index (χ1n) is 4.03. The summed E-state index contributed by atoms with van der Waals surface area (Å²) >= 11 is 9.13. The van der Waals surface area contributed by atoms with Crippen LogP contribution in [0.4, 0.5) is 5.69 Å². The van der Waals surface area contributed by atoms with E-state index in [1.165, 1.54) is 0 Å². The molecule has 0 atom stereocenters. The van der Waals surface area contributed by atoms with E-state index >= 15 is 0 Å². The number of amides is 1. The fraction of sp³-hybridized carbons (Fsp3) is 0.222. The zero-order chi connectivity index (χ0) is 10.6. The van der Waals surface area contributed by atoms with Gasteiger partial charge in [0.25, 0.3) is 0 Å². The van der Waals surface area contributed by atoms with E-state index < -0.39 is 0 Å². The summed E-state index contributed by atoms with van der Waals surface area (Å²) in [5.74, 6) is -0.0918. The van der Waals surface area contributed by atoms with E-state index in [0.29, 0.717) is 10.7 Å². The Morgan fingerprint density at radius 2 is 2.29 bits per heavy atom. The van der Waals surface area contributed by atoms with Crippen molar-refractivity contribution in [3.8, 4) is 0 Å². The van der Waals surface area contributed by atoms with Crippen LogP contribution in [0.5, 0.6) is 0 Å². The van der Waals surface area contributed by atoms with E-state index in [-0.39, 0.29) is 12.5 Å². The van der Waals surface area contributed by atoms with E-state index in [4.69, 9.17) is 11.6 Å². The highest BCUT2D eigenvalue weighted by molar-refractivity contribution is 9.10. The lowest BCUT2D eigenvalue weighted by Crippen LogP contribution is -2.24. The number of hydrogen-bond donors (Lipinski definition) is 2. The SMILES string of the molecule is CNCC(=O)Nc1ccc(Br)c(Cl)c1. The molecule has 14 heavy (non-hydrogen) atoms. The van der Waals surface area contributed by atoms with Gasteiger partial charge in [0.15, 0.2) is 0 Å². The van der Waals surface area contributed by atoms with Crippen LogP contribution in [0.2, 0.25) is 5.02 Å². The third-order valence-corrected chi connectivity index (χ3v) is 2.77. The molecule has 0 unspecified atom stereocenters. The topological polar surface area (TPSA) is 41.1 Å². The van der Waals surface area contributed by atoms with Gasteiger partial charge in [-0.25, -0.2) is 0 Å². The Morgan fingerprint density at radius 3 is 2.86 bits per heavy atom. The van der Waals surface area contributed by atoms with Crippen molar-refractivity contribution in [1.29, 1.82) is 0 Å². The summed E-state index contributed by atoms with van der Waals surface area (Å²) in [6.45, 7) is 0.285. The molecule has 0 aliphatic rings. The van der Waals surface area contributed by atoms with Gasteiger partial charge in [-0.1, -0.05) is 11.6 Å². The van der Waals surface area contributed by atoms with Crippen molar-refractivity contribution in [2.45, 2.75) is 0 Å². The normalized spacial score (nSPS) is 9.93. The summed E-state index contributed by atoms with van der Waals surface area (Å²) in [4.78, 5) is 11.2. The quantitative estimate of drug-likeness (QED) is 0.890. The maximum Gasteiger partial charge on any atom is 0.238 e. The maximum atomic E-state index is 11.2. The second-order valence-electron chi connectivity index (χ2n) is 2.71. The van der Waals surface area contributed by atoms with Crippen LogP contribution in [0, 0.1) is 0 Å². The van der Waals surface area contributed by atoms with Crippen LogP contribution < -0.4 is 10.6 Å². The average molecular weight is 278 g/mol. The summed E-state index contributed by atoms with van der Waals surface area (Å²) in [6.07, 6.45) is 0. The van der Waals surface area contributed by atoms with Crippen LogP contribution in [0.3, 0.4) is 0 Å². The van der Waals surface area contributed by atoms with Gasteiger partial charge in [0.05, 0.1) is 11.6 Å². The number of benzene rings is 1. The van der Waals surface area contributed by atoms with Gasteiger partial charge >= 0.3 is 0 Å². The third-order valence-electron chi connectivity index (χ3n) is 1.54. The molecule has 0 aliphatic carbocycles. The second kappa shape index (κ2) is 5.34. The number of hydrogen-bond acceptors (Lipinski definition) is 2. The van der Waals surface area contributed by atoms with E-state index in [9.17, 15) is 4.79 Å². The molecular formula is C9H10BrClN2O. The fourth-order valence-electron chi connectivity index (χ4n) is 0.940. The van der Waals surface area contributed by atoms with Crippen LogP contribution >= 0.6 is 27.5 Å². The van der Waals surface area contributed by atoms with Crippen molar-refractivity contribution in [2.75, 3.05) is 18.9 Å². The van der Waals surface area contributed by atoms with Crippen LogP contribution in [0.25, 0.3) is 0 Å². The Morgan fingerprint density at radius 1 is 1.57 bits per heavy atom. The number of carbonyl (C=O) groups is 1. The Bertz CT molecular complexity index is 344. The number of anilines is 1. The minimum absolute atomic E-state index is 0.0918. The summed E-state index contributed by atoms with van der Waals surface area (Å²) < 4.78 is 0.811. The molecule has 0 fully saturated rings. The highest BCUT2D eigenvalue weighted by Gasteiger charge is 2.02. The summed E-state index contributed by atoms with van der Waals surface area (Å²) in [7, 11) is 1.72. The van der Waals surface area contributed by atoms with Crippen molar-refractivity contribution < 1.29 is 4.79 Å². The molecular weight excluding hydrogens is 267 g/mol. The molecule has 0 spiro atoms. The molecule has 5 heteroatoms. The van der Waals surface area contributed by atoms with Crippen LogP contribution in [-0.2, 0) is 4.79 Å². The van der Waals surface area contributed by atoms with E-state index in [1.54, 1.807) is 25.2 Å². The van der Waals surface area contributed by atoms with Crippen LogP contribution in [0.1, 0.15) is 0 Å². The average Bonchev–Trinajstić information content (AvgIpc) is 2.12. The molecule has 0 radical (unpaired) electrons. The number of likely N-dealkylation sites (N-methyl/N-ethyl adjacent to an activating group) is 1. The molecule has 0 saturated carbocycles. The van der Waals surface area contributed by atoms with E-state index in [0.717, 1.165) is 4.47 Å². The molecule has 0 saturated heterocycles. The zero-order valence-electron chi connectivity index (χ0n) is 7.60. The molecule has 76 valence electrons. The highest BCUT2D eigenvalue weighted by Crippen LogP contribution is 2.25. The lowest BCUT2D eigenvalue weighted by atomic mass is 10.3. The minimum Gasteiger partial charge on any atom is -0.325 e. The standard InChI is InChI=1S/C9H10BrClN2O/c1-12-5-9(14)13-6-2-3-7(10)8(11)4-6/h2-4,12H,5H2,1H3,(H,13,14). The summed E-state index contributed by atoms with van der Waals surface area (Å²) in [5, 5.41) is 6.04. The van der Waals surface area contributed by atoms with Gasteiger partial charge in [-0.2, -0.15) is 0 Å². The van der Waals surface area contributed by atoms with Gasteiger partial charge in [-0.15, -0.1) is 0 Å². The number of carbonyl (C=O) groups excluding carboxylic acids is 1. The van der Waals surface area contributed by atoms with Gasteiger partial charge in [0.2, 0.25) is 5.91 Å². The molecule has 0 bridgehead atoms. The second-order valence-corrected chi connectivity index (χ2v) is 3.97. The predicted octanol–water partition coefficient (Wildman–Crippen LogP) is 2.26. The van der Waals surface area contributed by atoms with Crippen LogP contribution in [-0.4, -0.2) is 19.5 Å². The molecule has 1 aromatic carbocycles. The lowest BCUT2D eigenvalue weighted by molar-refractivity contribution is -0.115. The maximum absolute atomic E-state index is 11.2. The van der Waals surface area contributed by atoms with Gasteiger partial charge in [0, 0.05) is 10.2 Å². The number of rotatable bonds is 3. The monoisotopic (exact) mass is 276 g/mol. The van der Waals surface area contributed by atoms with Crippen molar-refractivity contribution >= 4 is 39.1 Å². The first kappa shape index (κ1) is 11.5. The molecule has 0 heterocycles. The number of nitrogens with one attached hydrogen (secondary N) is 2. The molecule has 0 aliphatic heterocycles. The third kappa shape index (κ3) is 3.29. The van der Waals surface area contributed by atoms with Gasteiger partial charge in [-0.3, -0.25) is 4.79 Å². The molecule has 2 N–H and O–H groups in total. The summed E-state index contributed by atoms with van der Waals surface area (Å²) in [6, 6.07) is 5.26. The van der Waals surface area contributed by atoms with E-state index in [2.05, 4.69) is 26.6 Å². The van der Waals surface area contributed by atoms with Crippen LogP contribution in [0.15, 0.2) is 22.7 Å². The van der Waals surface area contributed by atoms with Crippen molar-refractivity contribution in [3.63, 3.8) is 0 Å². The molecule has 1 amide bonds. The fourth-order valence-corrected chi connectivity index (χ4v) is 1.37. The zero-order valence-corrected chi connectivity index (χ0v) is 9.95. The van der Waals surface area contributed by atoms with Gasteiger partial charge in [-0.05, 0) is 41.2 Å². The minimum atomic E-state index is -0.0918. The van der Waals surface area contributed by atoms with Crippen molar-refractivity contribution in [3.05, 3.63) is 27.7 Å². The first-order valence-corrected chi connectivity index (χ1v) is 5.20. The Kier molecular flexibility index (Phi) is 4.38. The predicted molar refractivity (Wildman–Crippen MR) is 61.7 cm³/mol. The first-order chi connectivity index (χ1) is 6.63. The van der Waals surface area contributed by atoms with Gasteiger partial charge < -0.3 is 10.6 Å². The largest absolute Gasteiger partial charge is 0.325 e.